The Bertz CT molecular complexity index is 537. The van der Waals surface area contributed by atoms with Crippen LogP contribution in [0.25, 0.3) is 0 Å². The minimum Gasteiger partial charge on any atom is -0.356 e. The van der Waals surface area contributed by atoms with Crippen molar-refractivity contribution in [2.75, 3.05) is 19.6 Å². The lowest BCUT2D eigenvalue weighted by Gasteiger charge is -2.31. The molecule has 1 saturated heterocycles. The lowest BCUT2D eigenvalue weighted by Crippen LogP contribution is -2.43. The fraction of sp³-hybridized carbons (Fsp3) is 0.579. The minimum atomic E-state index is -0.346. The number of piperidine rings is 1. The van der Waals surface area contributed by atoms with Crippen LogP contribution in [0.5, 0.6) is 0 Å². The van der Waals surface area contributed by atoms with Crippen molar-refractivity contribution in [1.29, 1.82) is 0 Å². The van der Waals surface area contributed by atoms with Gasteiger partial charge in [0.25, 0.3) is 5.91 Å². The third-order valence-corrected chi connectivity index (χ3v) is 4.57. The second-order valence-corrected chi connectivity index (χ2v) is 6.43. The average molecular weight is 334 g/mol. The fourth-order valence-electron chi connectivity index (χ4n) is 3.03. The van der Waals surface area contributed by atoms with Gasteiger partial charge in [0.1, 0.15) is 5.82 Å². The molecule has 4 nitrogen and oxygen atoms in total. The van der Waals surface area contributed by atoms with Gasteiger partial charge in [0, 0.05) is 31.1 Å². The van der Waals surface area contributed by atoms with Crippen LogP contribution >= 0.6 is 0 Å². The van der Waals surface area contributed by atoms with Crippen LogP contribution in [-0.4, -0.2) is 36.3 Å². The van der Waals surface area contributed by atoms with E-state index in [1.807, 2.05) is 0 Å². The van der Waals surface area contributed by atoms with Gasteiger partial charge in [-0.2, -0.15) is 0 Å². The van der Waals surface area contributed by atoms with E-state index in [-0.39, 0.29) is 23.5 Å². The number of halogens is 1. The molecule has 2 amide bonds. The molecule has 1 aliphatic heterocycles. The summed E-state index contributed by atoms with van der Waals surface area (Å²) in [6.07, 6.45) is 5.96. The van der Waals surface area contributed by atoms with Gasteiger partial charge in [0.05, 0.1) is 0 Å². The predicted molar refractivity (Wildman–Crippen MR) is 92.2 cm³/mol. The van der Waals surface area contributed by atoms with Crippen LogP contribution in [0.3, 0.4) is 0 Å². The van der Waals surface area contributed by atoms with Crippen LogP contribution in [-0.2, 0) is 4.79 Å². The van der Waals surface area contributed by atoms with Crippen molar-refractivity contribution in [3.63, 3.8) is 0 Å². The van der Waals surface area contributed by atoms with E-state index < -0.39 is 0 Å². The van der Waals surface area contributed by atoms with E-state index >= 15 is 0 Å². The zero-order chi connectivity index (χ0) is 17.4. The molecule has 132 valence electrons. The summed E-state index contributed by atoms with van der Waals surface area (Å²) in [7, 11) is 0. The second kappa shape index (κ2) is 9.40. The first-order valence-corrected chi connectivity index (χ1v) is 8.94. The van der Waals surface area contributed by atoms with E-state index in [4.69, 9.17) is 0 Å². The van der Waals surface area contributed by atoms with Crippen molar-refractivity contribution in [1.82, 2.24) is 10.2 Å². The van der Waals surface area contributed by atoms with E-state index in [0.717, 1.165) is 19.4 Å². The van der Waals surface area contributed by atoms with Crippen LogP contribution in [0.15, 0.2) is 24.3 Å². The maximum absolute atomic E-state index is 12.9. The fourth-order valence-corrected chi connectivity index (χ4v) is 3.03. The summed E-state index contributed by atoms with van der Waals surface area (Å²) < 4.78 is 12.9. The lowest BCUT2D eigenvalue weighted by molar-refractivity contribution is -0.126. The van der Waals surface area contributed by atoms with Crippen LogP contribution < -0.4 is 5.32 Å². The largest absolute Gasteiger partial charge is 0.356 e. The third kappa shape index (κ3) is 5.32. The summed E-state index contributed by atoms with van der Waals surface area (Å²) in [6, 6.07) is 5.61. The first-order valence-electron chi connectivity index (χ1n) is 8.94. The van der Waals surface area contributed by atoms with Gasteiger partial charge in [0.2, 0.25) is 5.91 Å². The maximum Gasteiger partial charge on any atom is 0.253 e. The zero-order valence-electron chi connectivity index (χ0n) is 14.4. The van der Waals surface area contributed by atoms with Crippen molar-refractivity contribution in [3.05, 3.63) is 35.6 Å². The smallest absolute Gasteiger partial charge is 0.253 e. The molecule has 1 N–H and O–H groups in total. The van der Waals surface area contributed by atoms with E-state index in [2.05, 4.69) is 12.2 Å². The highest BCUT2D eigenvalue weighted by molar-refractivity contribution is 5.94. The summed E-state index contributed by atoms with van der Waals surface area (Å²) in [5.41, 5.74) is 0.496. The SMILES string of the molecule is CCCCCCNC(=O)C1CCN(C(=O)c2ccc(F)cc2)CC1. The molecule has 0 atom stereocenters. The summed E-state index contributed by atoms with van der Waals surface area (Å²) in [5.74, 6) is -0.330. The Labute approximate surface area is 143 Å². The van der Waals surface area contributed by atoms with E-state index in [1.165, 1.54) is 37.1 Å². The topological polar surface area (TPSA) is 49.4 Å². The van der Waals surface area contributed by atoms with Crippen molar-refractivity contribution >= 4 is 11.8 Å². The first kappa shape index (κ1) is 18.4. The molecule has 1 aromatic carbocycles. The summed E-state index contributed by atoms with van der Waals surface area (Å²) >= 11 is 0. The van der Waals surface area contributed by atoms with Gasteiger partial charge in [-0.1, -0.05) is 26.2 Å². The zero-order valence-corrected chi connectivity index (χ0v) is 14.4. The third-order valence-electron chi connectivity index (χ3n) is 4.57. The molecule has 0 radical (unpaired) electrons. The standard InChI is InChI=1S/C19H27FN2O2/c1-2-3-4-5-12-21-18(23)15-10-13-22(14-11-15)19(24)16-6-8-17(20)9-7-16/h6-9,15H,2-5,10-14H2,1H3,(H,21,23). The molecular weight excluding hydrogens is 307 g/mol. The van der Waals surface area contributed by atoms with E-state index in [0.29, 0.717) is 31.5 Å². The number of nitrogens with zero attached hydrogens (tertiary/aromatic N) is 1. The van der Waals surface area contributed by atoms with Crippen molar-refractivity contribution in [2.24, 2.45) is 5.92 Å². The molecule has 1 aliphatic rings. The number of hydrogen-bond acceptors (Lipinski definition) is 2. The summed E-state index contributed by atoms with van der Waals surface area (Å²) in [4.78, 5) is 26.3. The van der Waals surface area contributed by atoms with Crippen LogP contribution in [0.2, 0.25) is 0 Å². The number of nitrogens with one attached hydrogen (secondary N) is 1. The summed E-state index contributed by atoms with van der Waals surface area (Å²) in [5, 5.41) is 3.01. The van der Waals surface area contributed by atoms with Crippen molar-refractivity contribution < 1.29 is 14.0 Å². The van der Waals surface area contributed by atoms with Gasteiger partial charge >= 0.3 is 0 Å². The Morgan fingerprint density at radius 3 is 2.42 bits per heavy atom. The average Bonchev–Trinajstić information content (AvgIpc) is 2.61. The van der Waals surface area contributed by atoms with Crippen molar-refractivity contribution in [3.8, 4) is 0 Å². The van der Waals surface area contributed by atoms with Gasteiger partial charge in [-0.25, -0.2) is 4.39 Å². The molecule has 0 unspecified atom stereocenters. The highest BCUT2D eigenvalue weighted by atomic mass is 19.1. The molecule has 2 rings (SSSR count). The highest BCUT2D eigenvalue weighted by Crippen LogP contribution is 2.19. The normalized spacial score (nSPS) is 15.3. The van der Waals surface area contributed by atoms with Crippen LogP contribution in [0, 0.1) is 11.7 Å². The number of unbranched alkanes of at least 4 members (excludes halogenated alkanes) is 3. The van der Waals surface area contributed by atoms with Crippen LogP contribution in [0.4, 0.5) is 4.39 Å². The lowest BCUT2D eigenvalue weighted by atomic mass is 9.95. The Hall–Kier alpha value is -1.91. The number of benzene rings is 1. The minimum absolute atomic E-state index is 0.00607. The maximum atomic E-state index is 12.9. The number of rotatable bonds is 7. The molecule has 24 heavy (non-hydrogen) atoms. The molecule has 1 aromatic rings. The molecule has 0 saturated carbocycles. The van der Waals surface area contributed by atoms with Crippen molar-refractivity contribution in [2.45, 2.75) is 45.4 Å². The van der Waals surface area contributed by atoms with E-state index in [1.54, 1.807) is 4.90 Å². The Morgan fingerprint density at radius 1 is 1.12 bits per heavy atom. The molecule has 0 aliphatic carbocycles. The number of likely N-dealkylation sites (tertiary alicyclic amines) is 1. The van der Waals surface area contributed by atoms with Gasteiger partial charge in [-0.3, -0.25) is 9.59 Å². The van der Waals surface area contributed by atoms with Gasteiger partial charge < -0.3 is 10.2 Å². The Kier molecular flexibility index (Phi) is 7.22. The Balaban J connectivity index is 1.73. The monoisotopic (exact) mass is 334 g/mol. The van der Waals surface area contributed by atoms with Crippen LogP contribution in [0.1, 0.15) is 55.8 Å². The van der Waals surface area contributed by atoms with Gasteiger partial charge in [0.15, 0.2) is 0 Å². The predicted octanol–water partition coefficient (Wildman–Crippen LogP) is 3.37. The molecule has 0 aromatic heterocycles. The molecule has 1 heterocycles. The number of amides is 2. The number of hydrogen-bond donors (Lipinski definition) is 1. The second-order valence-electron chi connectivity index (χ2n) is 6.43. The highest BCUT2D eigenvalue weighted by Gasteiger charge is 2.27. The molecule has 1 fully saturated rings. The number of carbonyl (C=O) groups excluding carboxylic acids is 2. The van der Waals surface area contributed by atoms with Gasteiger partial charge in [-0.15, -0.1) is 0 Å². The molecule has 0 spiro atoms. The summed E-state index contributed by atoms with van der Waals surface area (Å²) in [6.45, 7) is 4.06. The van der Waals surface area contributed by atoms with Gasteiger partial charge in [-0.05, 0) is 43.5 Å². The first-order chi connectivity index (χ1) is 11.6. The Morgan fingerprint density at radius 2 is 1.79 bits per heavy atom. The quantitative estimate of drug-likeness (QED) is 0.777. The van der Waals surface area contributed by atoms with E-state index in [9.17, 15) is 14.0 Å². The number of carbonyl (C=O) groups is 2. The molecular formula is C19H27FN2O2. The molecule has 0 bridgehead atoms. The molecule has 5 heteroatoms.